The van der Waals surface area contributed by atoms with E-state index in [0.717, 1.165) is 6.42 Å². The molecule has 4 aromatic rings. The molecule has 0 fully saturated rings. The van der Waals surface area contributed by atoms with Crippen LogP contribution < -0.4 is 29.1 Å². The molecule has 1 aliphatic heterocycles. The van der Waals surface area contributed by atoms with E-state index in [9.17, 15) is 19.5 Å². The van der Waals surface area contributed by atoms with Crippen LogP contribution in [0.15, 0.2) is 86.2 Å². The highest BCUT2D eigenvalue weighted by molar-refractivity contribution is 9.10. The summed E-state index contributed by atoms with van der Waals surface area (Å²) >= 11 is 4.79. The molecule has 10 nitrogen and oxygen atoms in total. The molecule has 2 heterocycles. The van der Waals surface area contributed by atoms with Crippen LogP contribution in [0.5, 0.6) is 17.2 Å². The van der Waals surface area contributed by atoms with Crippen molar-refractivity contribution < 1.29 is 33.6 Å². The number of carboxylic acid groups (broad SMARTS) is 1. The number of methoxy groups -OCH3 is 2. The largest absolute Gasteiger partial charge is 0.496 e. The van der Waals surface area contributed by atoms with Crippen molar-refractivity contribution in [3.8, 4) is 17.2 Å². The summed E-state index contributed by atoms with van der Waals surface area (Å²) in [4.78, 5) is 44.2. The Kier molecular flexibility index (Phi) is 10.6. The van der Waals surface area contributed by atoms with Gasteiger partial charge in [0.2, 0.25) is 0 Å². The molecule has 1 N–H and O–H groups in total. The zero-order valence-corrected chi connectivity index (χ0v) is 28.6. The zero-order chi connectivity index (χ0) is 33.7. The number of carbonyl (C=O) groups is 2. The number of hydrogen-bond acceptors (Lipinski definition) is 9. The standard InChI is InChI=1S/C35H33BrN2O8S/c1-5-8-25-30(34(42)45-6-2)31(22-12-14-26(43-3)24(36)18-22)38-32(39)29(47-35(38)37-25)17-20-11-13-27(28(16-20)44-4)46-19-21-9-7-10-23(15-21)33(40)41/h7,9-18,31H,5-6,8,19H2,1-4H3,(H,40,41)/b29-17-/t31-/m1/s1. The lowest BCUT2D eigenvalue weighted by atomic mass is 9.94. The number of fused-ring (bicyclic) bond motifs is 1. The van der Waals surface area contributed by atoms with Crippen molar-refractivity contribution in [1.82, 2.24) is 4.57 Å². The second-order valence-electron chi connectivity index (χ2n) is 10.5. The molecule has 1 aromatic heterocycles. The fraction of sp³-hybridized carbons (Fsp3) is 0.257. The van der Waals surface area contributed by atoms with Crippen LogP contribution in [0, 0.1) is 0 Å². The quantitative estimate of drug-likeness (QED) is 0.187. The van der Waals surface area contributed by atoms with Crippen molar-refractivity contribution in [1.29, 1.82) is 0 Å². The first-order valence-corrected chi connectivity index (χ1v) is 16.5. The minimum absolute atomic E-state index is 0.139. The Hall–Kier alpha value is -4.68. The highest BCUT2D eigenvalue weighted by Gasteiger charge is 2.34. The Morgan fingerprint density at radius 1 is 1.02 bits per heavy atom. The van der Waals surface area contributed by atoms with Crippen LogP contribution >= 0.6 is 27.3 Å². The van der Waals surface area contributed by atoms with Gasteiger partial charge in [0.25, 0.3) is 5.56 Å². The number of esters is 1. The van der Waals surface area contributed by atoms with Gasteiger partial charge in [-0.3, -0.25) is 9.36 Å². The molecule has 0 spiro atoms. The number of halogens is 1. The van der Waals surface area contributed by atoms with E-state index in [4.69, 9.17) is 23.9 Å². The molecule has 5 rings (SSSR count). The van der Waals surface area contributed by atoms with E-state index in [2.05, 4.69) is 15.9 Å². The van der Waals surface area contributed by atoms with Crippen LogP contribution in [0.4, 0.5) is 0 Å². The Bertz CT molecular complexity index is 2050. The number of allylic oxidation sites excluding steroid dienone is 1. The third-order valence-corrected chi connectivity index (χ3v) is 9.04. The summed E-state index contributed by atoms with van der Waals surface area (Å²) < 4.78 is 25.1. The summed E-state index contributed by atoms with van der Waals surface area (Å²) in [5, 5.41) is 9.28. The Balaban J connectivity index is 1.57. The van der Waals surface area contributed by atoms with Gasteiger partial charge in [0, 0.05) is 0 Å². The van der Waals surface area contributed by atoms with Gasteiger partial charge in [0.15, 0.2) is 16.3 Å². The highest BCUT2D eigenvalue weighted by Crippen LogP contribution is 2.36. The van der Waals surface area contributed by atoms with Crippen molar-refractivity contribution in [3.63, 3.8) is 0 Å². The average Bonchev–Trinajstić information content (AvgIpc) is 3.37. The smallest absolute Gasteiger partial charge is 0.338 e. The van der Waals surface area contributed by atoms with E-state index in [0.29, 0.717) is 65.4 Å². The molecular weight excluding hydrogens is 688 g/mol. The van der Waals surface area contributed by atoms with Gasteiger partial charge in [0.1, 0.15) is 12.4 Å². The van der Waals surface area contributed by atoms with Crippen LogP contribution in [0.3, 0.4) is 0 Å². The van der Waals surface area contributed by atoms with E-state index in [1.165, 1.54) is 24.5 Å². The minimum atomic E-state index is -1.01. The van der Waals surface area contributed by atoms with Gasteiger partial charge in [-0.1, -0.05) is 48.9 Å². The van der Waals surface area contributed by atoms with E-state index >= 15 is 0 Å². The molecule has 0 saturated heterocycles. The number of carbonyl (C=O) groups excluding carboxylic acids is 1. The fourth-order valence-corrected chi connectivity index (χ4v) is 6.87. The molecule has 0 radical (unpaired) electrons. The Morgan fingerprint density at radius 3 is 2.47 bits per heavy atom. The predicted octanol–water partition coefficient (Wildman–Crippen LogP) is 5.64. The number of benzene rings is 3. The number of aromatic carboxylic acids is 1. The topological polar surface area (TPSA) is 126 Å². The minimum Gasteiger partial charge on any atom is -0.496 e. The molecular formula is C35H33BrN2O8S. The molecule has 0 amide bonds. The first kappa shape index (κ1) is 33.7. The Morgan fingerprint density at radius 2 is 1.79 bits per heavy atom. The van der Waals surface area contributed by atoms with Gasteiger partial charge in [-0.2, -0.15) is 0 Å². The van der Waals surface area contributed by atoms with Crippen molar-refractivity contribution >= 4 is 45.3 Å². The van der Waals surface area contributed by atoms with Crippen LogP contribution in [0.25, 0.3) is 6.08 Å². The summed E-state index contributed by atoms with van der Waals surface area (Å²) in [5.41, 5.74) is 2.88. The van der Waals surface area contributed by atoms with Gasteiger partial charge in [0.05, 0.1) is 52.7 Å². The average molecular weight is 722 g/mol. The first-order chi connectivity index (χ1) is 22.7. The highest BCUT2D eigenvalue weighted by atomic mass is 79.9. The lowest BCUT2D eigenvalue weighted by Crippen LogP contribution is -2.40. The molecule has 0 aliphatic carbocycles. The maximum absolute atomic E-state index is 14.1. The lowest BCUT2D eigenvalue weighted by Gasteiger charge is -2.26. The predicted molar refractivity (Wildman–Crippen MR) is 181 cm³/mol. The zero-order valence-electron chi connectivity index (χ0n) is 26.2. The summed E-state index contributed by atoms with van der Waals surface area (Å²) in [7, 11) is 3.09. The molecule has 1 atom stereocenters. The summed E-state index contributed by atoms with van der Waals surface area (Å²) in [6, 6.07) is 16.5. The van der Waals surface area contributed by atoms with Crippen LogP contribution in [0.1, 0.15) is 59.8 Å². The maximum Gasteiger partial charge on any atom is 0.338 e. The van der Waals surface area contributed by atoms with E-state index in [-0.39, 0.29) is 24.3 Å². The number of nitrogens with zero attached hydrogens (tertiary/aromatic N) is 2. The summed E-state index contributed by atoms with van der Waals surface area (Å²) in [5.74, 6) is -0.00874. The SMILES string of the molecule is CCCC1=C(C(=O)OCC)[C@@H](c2ccc(OC)c(Br)c2)n2c(s/c(=C\c3ccc(OCc4cccc(C(=O)O)c4)c(OC)c3)c2=O)=N1. The molecule has 0 unspecified atom stereocenters. The molecule has 0 bridgehead atoms. The van der Waals surface area contributed by atoms with E-state index in [1.807, 2.05) is 19.1 Å². The molecule has 3 aromatic carbocycles. The fourth-order valence-electron chi connectivity index (χ4n) is 5.29. The van der Waals surface area contributed by atoms with Crippen molar-refractivity contribution in [2.45, 2.75) is 39.3 Å². The number of carboxylic acids is 1. The molecule has 12 heteroatoms. The van der Waals surface area contributed by atoms with Crippen LogP contribution in [-0.4, -0.2) is 42.4 Å². The first-order valence-electron chi connectivity index (χ1n) is 14.9. The summed E-state index contributed by atoms with van der Waals surface area (Å²) in [6.45, 7) is 4.07. The van der Waals surface area contributed by atoms with E-state index in [1.54, 1.807) is 67.1 Å². The number of hydrogen-bond donors (Lipinski definition) is 1. The normalized spacial score (nSPS) is 14.3. The number of thiazole rings is 1. The van der Waals surface area contributed by atoms with Crippen LogP contribution in [0.2, 0.25) is 0 Å². The van der Waals surface area contributed by atoms with Crippen molar-refractivity contribution in [2.75, 3.05) is 20.8 Å². The molecule has 1 aliphatic rings. The molecule has 47 heavy (non-hydrogen) atoms. The number of ether oxygens (including phenoxy) is 4. The van der Waals surface area contributed by atoms with Crippen molar-refractivity contribution in [3.05, 3.63) is 118 Å². The van der Waals surface area contributed by atoms with Gasteiger partial charge in [-0.15, -0.1) is 0 Å². The summed E-state index contributed by atoms with van der Waals surface area (Å²) in [6.07, 6.45) is 3.03. The van der Waals surface area contributed by atoms with E-state index < -0.39 is 18.0 Å². The van der Waals surface area contributed by atoms with Crippen molar-refractivity contribution in [2.24, 2.45) is 4.99 Å². The third-order valence-electron chi connectivity index (χ3n) is 7.44. The second-order valence-corrected chi connectivity index (χ2v) is 12.4. The van der Waals surface area contributed by atoms with Gasteiger partial charge >= 0.3 is 11.9 Å². The van der Waals surface area contributed by atoms with Gasteiger partial charge in [-0.05, 0) is 88.4 Å². The lowest BCUT2D eigenvalue weighted by molar-refractivity contribution is -0.139. The number of aromatic nitrogens is 1. The van der Waals surface area contributed by atoms with Crippen LogP contribution in [-0.2, 0) is 16.1 Å². The molecule has 0 saturated carbocycles. The molecule has 244 valence electrons. The second kappa shape index (κ2) is 14.8. The Labute approximate surface area is 283 Å². The third kappa shape index (κ3) is 7.18. The van der Waals surface area contributed by atoms with Gasteiger partial charge < -0.3 is 24.1 Å². The number of rotatable bonds is 12. The maximum atomic E-state index is 14.1. The van der Waals surface area contributed by atoms with Gasteiger partial charge in [-0.25, -0.2) is 14.6 Å². The monoisotopic (exact) mass is 720 g/mol.